The third-order valence-corrected chi connectivity index (χ3v) is 7.76. The van der Waals surface area contributed by atoms with Crippen LogP contribution in [0.4, 0.5) is 26.3 Å². The van der Waals surface area contributed by atoms with Crippen molar-refractivity contribution in [1.29, 1.82) is 0 Å². The molecular formula is C30H34F6O4. The SMILES string of the molecule is CCC(CC)(c1ccc(C=CC(O)(C(F)(F)F)C(F)(F)F)c(C)c1)c1ccc(OCC2CCCC(=O)O2)c(C)c1. The predicted octanol–water partition coefficient (Wildman–Crippen LogP) is 7.75. The van der Waals surface area contributed by atoms with Gasteiger partial charge in [-0.25, -0.2) is 0 Å². The molecule has 2 aromatic rings. The fourth-order valence-electron chi connectivity index (χ4n) is 5.14. The van der Waals surface area contributed by atoms with E-state index < -0.39 is 23.4 Å². The zero-order chi connectivity index (χ0) is 29.9. The maximum Gasteiger partial charge on any atom is 0.430 e. The summed E-state index contributed by atoms with van der Waals surface area (Å²) in [4.78, 5) is 11.5. The van der Waals surface area contributed by atoms with Gasteiger partial charge < -0.3 is 14.6 Å². The third kappa shape index (κ3) is 6.32. The van der Waals surface area contributed by atoms with Crippen LogP contribution in [0.2, 0.25) is 0 Å². The summed E-state index contributed by atoms with van der Waals surface area (Å²) in [6.07, 6.45) is -8.46. The molecule has 0 aliphatic carbocycles. The Hall–Kier alpha value is -3.01. The van der Waals surface area contributed by atoms with Crippen molar-refractivity contribution < 1.29 is 45.7 Å². The fourth-order valence-corrected chi connectivity index (χ4v) is 5.14. The molecule has 0 aromatic heterocycles. The Bertz CT molecular complexity index is 1210. The maximum atomic E-state index is 13.1. The standard InChI is InChI=1S/C30H34F6O4/c1-5-27(6-2,23-12-13-25(20(4)17-23)39-18-24-8-7-9-26(37)40-24)22-11-10-21(19(3)16-22)14-15-28(38,29(31,32)33)30(34,35)36/h10-17,24,38H,5-9,18H2,1-4H3. The first kappa shape index (κ1) is 31.5. The van der Waals surface area contributed by atoms with Crippen LogP contribution in [0.15, 0.2) is 42.5 Å². The van der Waals surface area contributed by atoms with Gasteiger partial charge in [-0.1, -0.05) is 50.3 Å². The molecule has 10 heteroatoms. The molecule has 0 amide bonds. The van der Waals surface area contributed by atoms with Crippen LogP contribution >= 0.6 is 0 Å². The quantitative estimate of drug-likeness (QED) is 0.247. The van der Waals surface area contributed by atoms with Gasteiger partial charge in [-0.2, -0.15) is 26.3 Å². The molecule has 1 atom stereocenters. The molecule has 0 saturated carbocycles. The summed E-state index contributed by atoms with van der Waals surface area (Å²) in [5.74, 6) is 0.431. The molecular weight excluding hydrogens is 538 g/mol. The van der Waals surface area contributed by atoms with Crippen molar-refractivity contribution in [3.8, 4) is 5.75 Å². The lowest BCUT2D eigenvalue weighted by atomic mass is 9.70. The largest absolute Gasteiger partial charge is 0.489 e. The number of halogens is 6. The number of cyclic esters (lactones) is 1. The summed E-state index contributed by atoms with van der Waals surface area (Å²) in [7, 11) is 0. The molecule has 1 heterocycles. The van der Waals surface area contributed by atoms with E-state index in [-0.39, 0.29) is 30.3 Å². The van der Waals surface area contributed by atoms with Crippen molar-refractivity contribution in [3.05, 3.63) is 70.3 Å². The molecule has 0 radical (unpaired) electrons. The molecule has 0 bridgehead atoms. The summed E-state index contributed by atoms with van der Waals surface area (Å²) >= 11 is 0. The maximum absolute atomic E-state index is 13.1. The highest BCUT2D eigenvalue weighted by Gasteiger charge is 2.68. The lowest BCUT2D eigenvalue weighted by molar-refractivity contribution is -0.347. The van der Waals surface area contributed by atoms with Gasteiger partial charge in [0.2, 0.25) is 0 Å². The van der Waals surface area contributed by atoms with E-state index in [2.05, 4.69) is 0 Å². The summed E-state index contributed by atoms with van der Waals surface area (Å²) in [5, 5.41) is 9.45. The van der Waals surface area contributed by atoms with Gasteiger partial charge in [-0.3, -0.25) is 4.79 Å². The lowest BCUT2D eigenvalue weighted by Crippen LogP contribution is -2.55. The second-order valence-corrected chi connectivity index (χ2v) is 10.3. The Morgan fingerprint density at radius 1 is 0.950 bits per heavy atom. The summed E-state index contributed by atoms with van der Waals surface area (Å²) < 4.78 is 89.7. The van der Waals surface area contributed by atoms with Gasteiger partial charge in [0.05, 0.1) is 0 Å². The number of carbonyl (C=O) groups excluding carboxylic acids is 1. The van der Waals surface area contributed by atoms with E-state index in [1.165, 1.54) is 6.07 Å². The molecule has 2 aromatic carbocycles. The van der Waals surface area contributed by atoms with E-state index in [0.29, 0.717) is 36.7 Å². The number of hydrogen-bond donors (Lipinski definition) is 1. The Morgan fingerprint density at radius 3 is 2.02 bits per heavy atom. The summed E-state index contributed by atoms with van der Waals surface area (Å²) in [5.41, 5.74) is -2.13. The fraction of sp³-hybridized carbons (Fsp3) is 0.500. The average Bonchev–Trinajstić information content (AvgIpc) is 2.87. The van der Waals surface area contributed by atoms with E-state index >= 15 is 0 Å². The first-order chi connectivity index (χ1) is 18.6. The first-order valence-electron chi connectivity index (χ1n) is 13.2. The number of ether oxygens (including phenoxy) is 2. The molecule has 1 N–H and O–H groups in total. The topological polar surface area (TPSA) is 55.8 Å². The van der Waals surface area contributed by atoms with E-state index in [1.807, 2.05) is 39.0 Å². The molecule has 0 spiro atoms. The van der Waals surface area contributed by atoms with Crippen molar-refractivity contribution in [2.75, 3.05) is 6.61 Å². The molecule has 1 aliphatic heterocycles. The van der Waals surface area contributed by atoms with Gasteiger partial charge in [-0.15, -0.1) is 0 Å². The van der Waals surface area contributed by atoms with Gasteiger partial charge in [-0.05, 0) is 79.5 Å². The number of aryl methyl sites for hydroxylation is 2. The molecule has 220 valence electrons. The summed E-state index contributed by atoms with van der Waals surface area (Å²) in [6, 6.07) is 10.7. The number of carbonyl (C=O) groups is 1. The molecule has 1 unspecified atom stereocenters. The number of aliphatic hydroxyl groups is 1. The molecule has 1 saturated heterocycles. The van der Waals surface area contributed by atoms with Crippen LogP contribution in [0.5, 0.6) is 5.75 Å². The Kier molecular flexibility index (Phi) is 9.33. The molecule has 1 aliphatic rings. The highest BCUT2D eigenvalue weighted by molar-refractivity contribution is 5.70. The van der Waals surface area contributed by atoms with Gasteiger partial charge in [0.15, 0.2) is 0 Å². The Balaban J connectivity index is 1.89. The minimum Gasteiger partial charge on any atom is -0.489 e. The Morgan fingerprint density at radius 2 is 1.52 bits per heavy atom. The normalized spacial score (nSPS) is 17.3. The number of alkyl halides is 6. The van der Waals surface area contributed by atoms with Crippen molar-refractivity contribution >= 4 is 12.0 Å². The van der Waals surface area contributed by atoms with Crippen molar-refractivity contribution in [2.24, 2.45) is 0 Å². The summed E-state index contributed by atoms with van der Waals surface area (Å²) in [6.45, 7) is 7.78. The number of rotatable bonds is 9. The monoisotopic (exact) mass is 572 g/mol. The second-order valence-electron chi connectivity index (χ2n) is 10.3. The first-order valence-corrected chi connectivity index (χ1v) is 13.2. The highest BCUT2D eigenvalue weighted by Crippen LogP contribution is 2.45. The van der Waals surface area contributed by atoms with E-state index in [1.54, 1.807) is 19.1 Å². The zero-order valence-electron chi connectivity index (χ0n) is 22.9. The van der Waals surface area contributed by atoms with Crippen molar-refractivity contribution in [1.82, 2.24) is 0 Å². The van der Waals surface area contributed by atoms with Crippen molar-refractivity contribution in [2.45, 2.75) is 89.3 Å². The zero-order valence-corrected chi connectivity index (χ0v) is 22.9. The van der Waals surface area contributed by atoms with Gasteiger partial charge in [0, 0.05) is 11.8 Å². The van der Waals surface area contributed by atoms with Gasteiger partial charge >= 0.3 is 18.3 Å². The predicted molar refractivity (Wildman–Crippen MR) is 139 cm³/mol. The highest BCUT2D eigenvalue weighted by atomic mass is 19.4. The van der Waals surface area contributed by atoms with Crippen LogP contribution in [-0.4, -0.2) is 41.7 Å². The van der Waals surface area contributed by atoms with Crippen molar-refractivity contribution in [3.63, 3.8) is 0 Å². The van der Waals surface area contributed by atoms with E-state index in [0.717, 1.165) is 29.5 Å². The van der Waals surface area contributed by atoms with E-state index in [9.17, 15) is 36.2 Å². The minimum atomic E-state index is -5.93. The molecule has 1 fully saturated rings. The lowest BCUT2D eigenvalue weighted by Gasteiger charge is -2.34. The van der Waals surface area contributed by atoms with Crippen LogP contribution in [0.3, 0.4) is 0 Å². The van der Waals surface area contributed by atoms with Crippen LogP contribution in [0.1, 0.15) is 73.8 Å². The van der Waals surface area contributed by atoms with Crippen LogP contribution in [0, 0.1) is 13.8 Å². The molecule has 4 nitrogen and oxygen atoms in total. The van der Waals surface area contributed by atoms with Crippen LogP contribution in [-0.2, 0) is 14.9 Å². The number of benzene rings is 2. The third-order valence-electron chi connectivity index (χ3n) is 7.76. The number of hydrogen-bond acceptors (Lipinski definition) is 4. The Labute approximate surface area is 230 Å². The number of esters is 1. The molecule has 40 heavy (non-hydrogen) atoms. The van der Waals surface area contributed by atoms with Gasteiger partial charge in [0.25, 0.3) is 5.60 Å². The molecule has 3 rings (SSSR count). The second kappa shape index (κ2) is 11.8. The van der Waals surface area contributed by atoms with Crippen LogP contribution in [0.25, 0.3) is 6.08 Å². The van der Waals surface area contributed by atoms with Crippen LogP contribution < -0.4 is 4.74 Å². The van der Waals surface area contributed by atoms with Gasteiger partial charge in [0.1, 0.15) is 18.5 Å². The average molecular weight is 573 g/mol. The smallest absolute Gasteiger partial charge is 0.430 e. The van der Waals surface area contributed by atoms with E-state index in [4.69, 9.17) is 9.47 Å². The minimum absolute atomic E-state index is 0.125.